The van der Waals surface area contributed by atoms with E-state index >= 15 is 0 Å². The van der Waals surface area contributed by atoms with E-state index in [4.69, 9.17) is 21.1 Å². The summed E-state index contributed by atoms with van der Waals surface area (Å²) in [5.41, 5.74) is 0.836. The monoisotopic (exact) mass is 452 g/mol. The maximum Gasteiger partial charge on any atom is 0.255 e. The first-order valence-electron chi connectivity index (χ1n) is 9.73. The van der Waals surface area contributed by atoms with Crippen molar-refractivity contribution in [3.8, 4) is 5.75 Å². The predicted octanol–water partition coefficient (Wildman–Crippen LogP) is 3.84. The summed E-state index contributed by atoms with van der Waals surface area (Å²) in [6, 6.07) is 10.7. The fourth-order valence-corrected chi connectivity index (χ4v) is 4.30. The van der Waals surface area contributed by atoms with E-state index in [-0.39, 0.29) is 29.6 Å². The van der Waals surface area contributed by atoms with Gasteiger partial charge in [-0.1, -0.05) is 11.6 Å². The van der Waals surface area contributed by atoms with Gasteiger partial charge in [-0.15, -0.1) is 0 Å². The van der Waals surface area contributed by atoms with Gasteiger partial charge in [0.05, 0.1) is 22.1 Å². The number of nitrogens with one attached hydrogen (secondary N) is 2. The Morgan fingerprint density at radius 1 is 1.23 bits per heavy atom. The summed E-state index contributed by atoms with van der Waals surface area (Å²) in [5, 5.41) is 3.13. The lowest BCUT2D eigenvalue weighted by molar-refractivity contribution is 0.102. The average Bonchev–Trinajstić information content (AvgIpc) is 3.22. The van der Waals surface area contributed by atoms with Gasteiger partial charge in [-0.25, -0.2) is 13.1 Å². The van der Waals surface area contributed by atoms with Crippen molar-refractivity contribution in [1.82, 2.24) is 4.72 Å². The van der Waals surface area contributed by atoms with Crippen LogP contribution in [0.1, 0.15) is 37.0 Å². The van der Waals surface area contributed by atoms with Crippen LogP contribution in [0.5, 0.6) is 5.75 Å². The van der Waals surface area contributed by atoms with Gasteiger partial charge in [-0.3, -0.25) is 4.79 Å². The van der Waals surface area contributed by atoms with E-state index in [1.54, 1.807) is 18.2 Å². The van der Waals surface area contributed by atoms with Crippen LogP contribution >= 0.6 is 11.6 Å². The summed E-state index contributed by atoms with van der Waals surface area (Å²) >= 11 is 6.19. The summed E-state index contributed by atoms with van der Waals surface area (Å²) in [6.07, 6.45) is 1.68. The molecule has 1 saturated heterocycles. The number of hydrogen-bond acceptors (Lipinski definition) is 5. The lowest BCUT2D eigenvalue weighted by atomic mass is 10.2. The minimum absolute atomic E-state index is 0.0158. The molecular weight excluding hydrogens is 428 g/mol. The van der Waals surface area contributed by atoms with Crippen LogP contribution in [0, 0.1) is 0 Å². The van der Waals surface area contributed by atoms with Crippen LogP contribution < -0.4 is 14.8 Å². The summed E-state index contributed by atoms with van der Waals surface area (Å²) in [7, 11) is -3.66. The molecule has 162 valence electrons. The fourth-order valence-electron chi connectivity index (χ4n) is 3.01. The Bertz CT molecular complexity index is 987. The molecule has 7 nitrogen and oxygen atoms in total. The Kier molecular flexibility index (Phi) is 7.36. The molecule has 2 aromatic rings. The zero-order chi connectivity index (χ0) is 21.7. The Labute approximate surface area is 181 Å². The van der Waals surface area contributed by atoms with Crippen molar-refractivity contribution in [3.63, 3.8) is 0 Å². The van der Waals surface area contributed by atoms with Crippen molar-refractivity contribution < 1.29 is 22.7 Å². The number of carbonyl (C=O) groups is 1. The van der Waals surface area contributed by atoms with Crippen LogP contribution in [0.15, 0.2) is 47.4 Å². The molecule has 30 heavy (non-hydrogen) atoms. The molecule has 1 unspecified atom stereocenters. The minimum atomic E-state index is -3.66. The number of amides is 1. The van der Waals surface area contributed by atoms with E-state index in [1.165, 1.54) is 24.3 Å². The quantitative estimate of drug-likeness (QED) is 0.634. The number of anilines is 1. The third-order valence-electron chi connectivity index (χ3n) is 4.50. The maximum atomic E-state index is 12.5. The van der Waals surface area contributed by atoms with Crippen LogP contribution in [0.25, 0.3) is 0 Å². The molecule has 1 amide bonds. The minimum Gasteiger partial charge on any atom is -0.489 e. The fraction of sp³-hybridized carbons (Fsp3) is 0.381. The SMILES string of the molecule is CC(C)Oc1ccc(NC(=O)c2ccc(S(=O)(=O)NCC3CCCO3)cc2)cc1Cl. The molecule has 3 rings (SSSR count). The molecule has 9 heteroatoms. The van der Waals surface area contributed by atoms with Gasteiger partial charge >= 0.3 is 0 Å². The van der Waals surface area contributed by atoms with E-state index in [1.807, 2.05) is 13.8 Å². The van der Waals surface area contributed by atoms with Gasteiger partial charge in [-0.05, 0) is 69.2 Å². The van der Waals surface area contributed by atoms with Crippen molar-refractivity contribution in [2.24, 2.45) is 0 Å². The van der Waals surface area contributed by atoms with Gasteiger partial charge in [0.1, 0.15) is 5.75 Å². The van der Waals surface area contributed by atoms with Gasteiger partial charge < -0.3 is 14.8 Å². The van der Waals surface area contributed by atoms with Crippen LogP contribution in [0.3, 0.4) is 0 Å². The highest BCUT2D eigenvalue weighted by Gasteiger charge is 2.20. The molecule has 1 heterocycles. The van der Waals surface area contributed by atoms with E-state index in [0.29, 0.717) is 28.6 Å². The normalized spacial score (nSPS) is 16.6. The number of rotatable bonds is 8. The van der Waals surface area contributed by atoms with E-state index in [0.717, 1.165) is 12.8 Å². The van der Waals surface area contributed by atoms with Crippen LogP contribution in [0.4, 0.5) is 5.69 Å². The molecular formula is C21H25ClN2O5S. The zero-order valence-electron chi connectivity index (χ0n) is 16.9. The topological polar surface area (TPSA) is 93.7 Å². The molecule has 0 aliphatic carbocycles. The van der Waals surface area contributed by atoms with Gasteiger partial charge in [0.15, 0.2) is 0 Å². The highest BCUT2D eigenvalue weighted by atomic mass is 35.5. The molecule has 2 aromatic carbocycles. The highest BCUT2D eigenvalue weighted by Crippen LogP contribution is 2.28. The predicted molar refractivity (Wildman–Crippen MR) is 116 cm³/mol. The van der Waals surface area contributed by atoms with Crippen LogP contribution in [-0.4, -0.2) is 39.7 Å². The lowest BCUT2D eigenvalue weighted by Crippen LogP contribution is -2.31. The largest absolute Gasteiger partial charge is 0.489 e. The number of halogens is 1. The molecule has 0 saturated carbocycles. The van der Waals surface area contributed by atoms with Crippen molar-refractivity contribution in [2.45, 2.75) is 43.8 Å². The number of hydrogen-bond donors (Lipinski definition) is 2. The highest BCUT2D eigenvalue weighted by molar-refractivity contribution is 7.89. The van der Waals surface area contributed by atoms with Gasteiger partial charge in [0.2, 0.25) is 10.0 Å². The number of ether oxygens (including phenoxy) is 2. The summed E-state index contributed by atoms with van der Waals surface area (Å²) < 4.78 is 38.4. The average molecular weight is 453 g/mol. The molecule has 1 atom stereocenters. The number of benzene rings is 2. The summed E-state index contributed by atoms with van der Waals surface area (Å²) in [5.74, 6) is 0.162. The van der Waals surface area contributed by atoms with Gasteiger partial charge in [-0.2, -0.15) is 0 Å². The first kappa shape index (κ1) is 22.6. The van der Waals surface area contributed by atoms with Gasteiger partial charge in [0, 0.05) is 24.4 Å². The molecule has 0 spiro atoms. The first-order chi connectivity index (χ1) is 14.2. The Balaban J connectivity index is 1.62. The first-order valence-corrected chi connectivity index (χ1v) is 11.6. The molecule has 0 radical (unpaired) electrons. The van der Waals surface area contributed by atoms with Crippen LogP contribution in [0.2, 0.25) is 5.02 Å². The maximum absolute atomic E-state index is 12.5. The third kappa shape index (κ3) is 5.95. The summed E-state index contributed by atoms with van der Waals surface area (Å²) in [4.78, 5) is 12.6. The molecule has 1 fully saturated rings. The Hall–Kier alpha value is -2.13. The zero-order valence-corrected chi connectivity index (χ0v) is 18.4. The molecule has 1 aliphatic heterocycles. The second-order valence-corrected chi connectivity index (χ2v) is 9.45. The van der Waals surface area contributed by atoms with Crippen molar-refractivity contribution in [1.29, 1.82) is 0 Å². The third-order valence-corrected chi connectivity index (χ3v) is 6.24. The second kappa shape index (κ2) is 9.78. The molecule has 2 N–H and O–H groups in total. The van der Waals surface area contributed by atoms with E-state index in [2.05, 4.69) is 10.0 Å². The smallest absolute Gasteiger partial charge is 0.255 e. The Morgan fingerprint density at radius 3 is 2.57 bits per heavy atom. The van der Waals surface area contributed by atoms with Crippen LogP contribution in [-0.2, 0) is 14.8 Å². The number of carbonyl (C=O) groups excluding carboxylic acids is 1. The molecule has 0 bridgehead atoms. The van der Waals surface area contributed by atoms with Gasteiger partial charge in [0.25, 0.3) is 5.91 Å². The van der Waals surface area contributed by atoms with Crippen molar-refractivity contribution in [2.75, 3.05) is 18.5 Å². The number of sulfonamides is 1. The Morgan fingerprint density at radius 2 is 1.97 bits per heavy atom. The van der Waals surface area contributed by atoms with E-state index < -0.39 is 10.0 Å². The summed E-state index contributed by atoms with van der Waals surface area (Å²) in [6.45, 7) is 4.69. The standard InChI is InChI=1S/C21H25ClN2O5S/c1-14(2)29-20-10-7-16(12-19(20)22)24-21(25)15-5-8-18(9-6-15)30(26,27)23-13-17-4-3-11-28-17/h5-10,12,14,17,23H,3-4,11,13H2,1-2H3,(H,24,25). The van der Waals surface area contributed by atoms with Crippen molar-refractivity contribution >= 4 is 33.2 Å². The van der Waals surface area contributed by atoms with E-state index in [9.17, 15) is 13.2 Å². The van der Waals surface area contributed by atoms with Crippen molar-refractivity contribution in [3.05, 3.63) is 53.1 Å². The molecule has 1 aliphatic rings. The lowest BCUT2D eigenvalue weighted by Gasteiger charge is -2.13. The second-order valence-electron chi connectivity index (χ2n) is 7.28. The molecule has 0 aromatic heterocycles.